The van der Waals surface area contributed by atoms with E-state index >= 15 is 0 Å². The van der Waals surface area contributed by atoms with Crippen LogP contribution in [0.25, 0.3) is 0 Å². The highest BCUT2D eigenvalue weighted by atomic mass is 35.5. The molecule has 3 fully saturated rings. The molecule has 4 rings (SSSR count). The topological polar surface area (TPSA) is 58.1 Å². The molecule has 3 aliphatic heterocycles. The second kappa shape index (κ2) is 9.44. The molecule has 1 aromatic carbocycles. The number of benzene rings is 1. The van der Waals surface area contributed by atoms with Crippen molar-refractivity contribution in [1.29, 1.82) is 0 Å². The zero-order chi connectivity index (χ0) is 19.3. The van der Waals surface area contributed by atoms with E-state index in [0.717, 1.165) is 56.7 Å². The van der Waals surface area contributed by atoms with Gasteiger partial charge in [0.2, 0.25) is 0 Å². The molecule has 3 heterocycles. The van der Waals surface area contributed by atoms with Crippen LogP contribution in [-0.2, 0) is 9.47 Å². The summed E-state index contributed by atoms with van der Waals surface area (Å²) in [5, 5.41) is 7.79. The van der Waals surface area contributed by atoms with Gasteiger partial charge in [0.25, 0.3) is 0 Å². The Morgan fingerprint density at radius 3 is 2.86 bits per heavy atom. The molecule has 2 N–H and O–H groups in total. The van der Waals surface area contributed by atoms with Crippen molar-refractivity contribution in [3.8, 4) is 0 Å². The van der Waals surface area contributed by atoms with Gasteiger partial charge in [0.05, 0.1) is 44.1 Å². The molecule has 2 bridgehead atoms. The van der Waals surface area contributed by atoms with Crippen LogP contribution in [0.5, 0.6) is 0 Å². The predicted octanol–water partition coefficient (Wildman–Crippen LogP) is 2.59. The average Bonchev–Trinajstić information content (AvgIpc) is 3.32. The van der Waals surface area contributed by atoms with Crippen LogP contribution in [0.2, 0.25) is 5.02 Å². The molecule has 3 saturated heterocycles. The number of aliphatic imine (C=N–C) groups is 1. The zero-order valence-electron chi connectivity index (χ0n) is 16.6. The molecule has 28 heavy (non-hydrogen) atoms. The van der Waals surface area contributed by atoms with Gasteiger partial charge >= 0.3 is 0 Å². The zero-order valence-corrected chi connectivity index (χ0v) is 17.3. The van der Waals surface area contributed by atoms with E-state index in [9.17, 15) is 0 Å². The number of morpholine rings is 1. The van der Waals surface area contributed by atoms with Crippen molar-refractivity contribution in [1.82, 2.24) is 15.5 Å². The number of ether oxygens (including phenoxy) is 2. The van der Waals surface area contributed by atoms with Gasteiger partial charge in [0.1, 0.15) is 0 Å². The van der Waals surface area contributed by atoms with Gasteiger partial charge in [-0.3, -0.25) is 9.89 Å². The first kappa shape index (κ1) is 20.0. The quantitative estimate of drug-likeness (QED) is 0.561. The standard InChI is InChI=1S/C21H31ClN4O2/c1-2-23-21(25-18-13-17-6-7-20(18)28-17)24-14-19(26-8-10-27-11-9-26)15-4-3-5-16(22)12-15/h3-5,12,17-20H,2,6-11,13-14H2,1H3,(H2,23,24,25). The minimum atomic E-state index is 0.189. The number of fused-ring (bicyclic) bond motifs is 2. The van der Waals surface area contributed by atoms with E-state index in [0.29, 0.717) is 24.8 Å². The molecule has 0 saturated carbocycles. The molecule has 0 radical (unpaired) electrons. The van der Waals surface area contributed by atoms with E-state index in [2.05, 4.69) is 34.6 Å². The fourth-order valence-electron chi connectivity index (χ4n) is 4.50. The predicted molar refractivity (Wildman–Crippen MR) is 112 cm³/mol. The summed E-state index contributed by atoms with van der Waals surface area (Å²) in [6, 6.07) is 8.70. The molecule has 6 nitrogen and oxygen atoms in total. The van der Waals surface area contributed by atoms with E-state index in [1.54, 1.807) is 0 Å². The van der Waals surface area contributed by atoms with Crippen molar-refractivity contribution in [2.24, 2.45) is 4.99 Å². The van der Waals surface area contributed by atoms with Crippen LogP contribution in [0.3, 0.4) is 0 Å². The van der Waals surface area contributed by atoms with Crippen LogP contribution in [0, 0.1) is 0 Å². The van der Waals surface area contributed by atoms with Gasteiger partial charge in [0, 0.05) is 24.7 Å². The highest BCUT2D eigenvalue weighted by molar-refractivity contribution is 6.30. The Morgan fingerprint density at radius 1 is 1.32 bits per heavy atom. The number of hydrogen-bond acceptors (Lipinski definition) is 4. The van der Waals surface area contributed by atoms with Crippen molar-refractivity contribution >= 4 is 17.6 Å². The molecule has 3 aliphatic rings. The first-order valence-corrected chi connectivity index (χ1v) is 10.9. The minimum Gasteiger partial charge on any atom is -0.379 e. The number of nitrogens with one attached hydrogen (secondary N) is 2. The van der Waals surface area contributed by atoms with E-state index < -0.39 is 0 Å². The van der Waals surface area contributed by atoms with Crippen LogP contribution < -0.4 is 10.6 Å². The summed E-state index contributed by atoms with van der Waals surface area (Å²) in [7, 11) is 0. The van der Waals surface area contributed by atoms with Gasteiger partial charge in [-0.25, -0.2) is 0 Å². The number of nitrogens with zero attached hydrogens (tertiary/aromatic N) is 2. The molecule has 4 atom stereocenters. The number of rotatable bonds is 6. The summed E-state index contributed by atoms with van der Waals surface area (Å²) in [5.41, 5.74) is 1.21. The lowest BCUT2D eigenvalue weighted by Crippen LogP contribution is -2.48. The third kappa shape index (κ3) is 4.79. The van der Waals surface area contributed by atoms with E-state index in [1.807, 2.05) is 12.1 Å². The maximum Gasteiger partial charge on any atom is 0.191 e. The molecular formula is C21H31ClN4O2. The summed E-state index contributed by atoms with van der Waals surface area (Å²) >= 11 is 6.27. The maximum atomic E-state index is 6.27. The van der Waals surface area contributed by atoms with E-state index in [1.165, 1.54) is 12.0 Å². The van der Waals surface area contributed by atoms with Gasteiger partial charge in [-0.2, -0.15) is 0 Å². The van der Waals surface area contributed by atoms with Crippen LogP contribution in [-0.4, -0.2) is 68.5 Å². The van der Waals surface area contributed by atoms with Gasteiger partial charge in [-0.15, -0.1) is 0 Å². The van der Waals surface area contributed by atoms with Gasteiger partial charge in [-0.1, -0.05) is 23.7 Å². The Hall–Kier alpha value is -1.34. The highest BCUT2D eigenvalue weighted by Crippen LogP contribution is 2.34. The lowest BCUT2D eigenvalue weighted by molar-refractivity contribution is 0.0179. The SMILES string of the molecule is CCNC(=NCC(c1cccc(Cl)c1)N1CCOCC1)NC1CC2CCC1O2. The van der Waals surface area contributed by atoms with Gasteiger partial charge < -0.3 is 20.1 Å². The summed E-state index contributed by atoms with van der Waals surface area (Å²) in [4.78, 5) is 7.40. The normalized spacial score (nSPS) is 29.1. The smallest absolute Gasteiger partial charge is 0.191 e. The van der Waals surface area contributed by atoms with Crippen LogP contribution in [0.15, 0.2) is 29.3 Å². The lowest BCUT2D eigenvalue weighted by atomic mass is 9.96. The Kier molecular flexibility index (Phi) is 6.73. The highest BCUT2D eigenvalue weighted by Gasteiger charge is 2.41. The largest absolute Gasteiger partial charge is 0.379 e. The first-order valence-electron chi connectivity index (χ1n) is 10.5. The number of halogens is 1. The molecule has 4 unspecified atom stereocenters. The Morgan fingerprint density at radius 2 is 2.18 bits per heavy atom. The third-order valence-electron chi connectivity index (χ3n) is 5.91. The monoisotopic (exact) mass is 406 g/mol. The minimum absolute atomic E-state index is 0.189. The van der Waals surface area contributed by atoms with Crippen LogP contribution in [0.1, 0.15) is 37.8 Å². The summed E-state index contributed by atoms with van der Waals surface area (Å²) < 4.78 is 11.5. The van der Waals surface area contributed by atoms with Crippen molar-refractivity contribution < 1.29 is 9.47 Å². The van der Waals surface area contributed by atoms with E-state index in [-0.39, 0.29) is 6.04 Å². The fraction of sp³-hybridized carbons (Fsp3) is 0.667. The molecule has 0 amide bonds. The van der Waals surface area contributed by atoms with E-state index in [4.69, 9.17) is 26.1 Å². The second-order valence-corrected chi connectivity index (χ2v) is 8.24. The van der Waals surface area contributed by atoms with Crippen molar-refractivity contribution in [2.75, 3.05) is 39.4 Å². The van der Waals surface area contributed by atoms with Crippen LogP contribution >= 0.6 is 11.6 Å². The first-order chi connectivity index (χ1) is 13.7. The Bertz CT molecular complexity index is 680. The van der Waals surface area contributed by atoms with Crippen molar-refractivity contribution in [3.63, 3.8) is 0 Å². The van der Waals surface area contributed by atoms with Crippen molar-refractivity contribution in [3.05, 3.63) is 34.9 Å². The van der Waals surface area contributed by atoms with Gasteiger partial charge in [-0.05, 0) is 43.9 Å². The van der Waals surface area contributed by atoms with Gasteiger partial charge in [0.15, 0.2) is 5.96 Å². The van der Waals surface area contributed by atoms with Crippen LogP contribution in [0.4, 0.5) is 0 Å². The summed E-state index contributed by atoms with van der Waals surface area (Å²) in [5.74, 6) is 0.879. The summed E-state index contributed by atoms with van der Waals surface area (Å²) in [6.07, 6.45) is 4.19. The number of hydrogen-bond donors (Lipinski definition) is 2. The Labute approximate surface area is 172 Å². The summed E-state index contributed by atoms with van der Waals surface area (Å²) in [6.45, 7) is 6.98. The molecule has 7 heteroatoms. The molecule has 0 spiro atoms. The fourth-order valence-corrected chi connectivity index (χ4v) is 4.70. The molecule has 0 aliphatic carbocycles. The molecular weight excluding hydrogens is 376 g/mol. The average molecular weight is 407 g/mol. The molecule has 1 aromatic rings. The van der Waals surface area contributed by atoms with Crippen molar-refractivity contribution in [2.45, 2.75) is 50.5 Å². The molecule has 154 valence electrons. The molecule has 0 aromatic heterocycles. The number of guanidine groups is 1. The lowest BCUT2D eigenvalue weighted by Gasteiger charge is -2.34. The maximum absolute atomic E-state index is 6.27. The second-order valence-electron chi connectivity index (χ2n) is 7.80. The third-order valence-corrected chi connectivity index (χ3v) is 6.15. The Balaban J connectivity index is 1.48.